The minimum atomic E-state index is -1.03. The zero-order chi connectivity index (χ0) is 12.6. The molecule has 2 rings (SSSR count). The van der Waals surface area contributed by atoms with E-state index in [0.717, 1.165) is 0 Å². The highest BCUT2D eigenvalue weighted by molar-refractivity contribution is 6.53. The molecule has 6 nitrogen and oxygen atoms in total. The molecule has 4 amide bonds. The number of urea groups is 1. The molecule has 1 aromatic carbocycles. The third-order valence-corrected chi connectivity index (χ3v) is 2.38. The van der Waals surface area contributed by atoms with E-state index < -0.39 is 17.8 Å². The topological polar surface area (TPSA) is 90.3 Å². The fraction of sp³-hybridized carbons (Fsp3) is 0. The van der Waals surface area contributed by atoms with Gasteiger partial charge in [0, 0.05) is 5.02 Å². The van der Waals surface area contributed by atoms with Crippen molar-refractivity contribution in [1.29, 1.82) is 5.26 Å². The minimum absolute atomic E-state index is 0.00616. The van der Waals surface area contributed by atoms with E-state index in [2.05, 4.69) is 0 Å². The molecule has 1 fully saturated rings. The molecule has 1 aliphatic rings. The van der Waals surface area contributed by atoms with Crippen molar-refractivity contribution < 1.29 is 14.4 Å². The number of hydrogen-bond acceptors (Lipinski definition) is 4. The molecule has 0 aromatic heterocycles. The van der Waals surface area contributed by atoms with Gasteiger partial charge in [-0.1, -0.05) is 11.6 Å². The van der Waals surface area contributed by atoms with Gasteiger partial charge >= 0.3 is 17.8 Å². The van der Waals surface area contributed by atoms with E-state index in [1.807, 2.05) is 11.4 Å². The van der Waals surface area contributed by atoms with Crippen molar-refractivity contribution in [3.05, 3.63) is 28.8 Å². The Bertz CT molecular complexity index is 591. The first-order valence-corrected chi connectivity index (χ1v) is 4.81. The average molecular weight is 250 g/mol. The van der Waals surface area contributed by atoms with Crippen molar-refractivity contribution in [1.82, 2.24) is 5.32 Å². The Kier molecular flexibility index (Phi) is 2.54. The lowest BCUT2D eigenvalue weighted by atomic mass is 10.2. The summed E-state index contributed by atoms with van der Waals surface area (Å²) in [6.45, 7) is 0. The predicted molar refractivity (Wildman–Crippen MR) is 57.2 cm³/mol. The SMILES string of the molecule is N#Cc1ccc(Cl)cc1N1C(=O)NC(=O)C1=O. The summed E-state index contributed by atoms with van der Waals surface area (Å²) in [6.07, 6.45) is 0. The summed E-state index contributed by atoms with van der Waals surface area (Å²) >= 11 is 5.72. The summed E-state index contributed by atoms with van der Waals surface area (Å²) in [5.74, 6) is -2.06. The van der Waals surface area contributed by atoms with Gasteiger partial charge in [-0.25, -0.2) is 9.69 Å². The second-order valence-corrected chi connectivity index (χ2v) is 3.61. The second-order valence-electron chi connectivity index (χ2n) is 3.17. The summed E-state index contributed by atoms with van der Waals surface area (Å²) in [4.78, 5) is 34.4. The number of nitriles is 1. The highest BCUT2D eigenvalue weighted by Crippen LogP contribution is 2.26. The van der Waals surface area contributed by atoms with Crippen LogP contribution in [-0.4, -0.2) is 17.8 Å². The van der Waals surface area contributed by atoms with Crippen LogP contribution >= 0.6 is 11.6 Å². The monoisotopic (exact) mass is 249 g/mol. The normalized spacial score (nSPS) is 14.8. The molecule has 17 heavy (non-hydrogen) atoms. The van der Waals surface area contributed by atoms with Gasteiger partial charge in [0.1, 0.15) is 6.07 Å². The largest absolute Gasteiger partial charge is 0.336 e. The van der Waals surface area contributed by atoms with E-state index in [1.54, 1.807) is 0 Å². The lowest BCUT2D eigenvalue weighted by molar-refractivity contribution is -0.134. The van der Waals surface area contributed by atoms with Gasteiger partial charge in [-0.05, 0) is 18.2 Å². The van der Waals surface area contributed by atoms with Crippen LogP contribution in [0.1, 0.15) is 5.56 Å². The van der Waals surface area contributed by atoms with Crippen molar-refractivity contribution in [2.45, 2.75) is 0 Å². The van der Waals surface area contributed by atoms with Crippen molar-refractivity contribution in [2.24, 2.45) is 0 Å². The molecule has 0 spiro atoms. The van der Waals surface area contributed by atoms with Gasteiger partial charge in [0.15, 0.2) is 0 Å². The summed E-state index contributed by atoms with van der Waals surface area (Å²) < 4.78 is 0. The highest BCUT2D eigenvalue weighted by Gasteiger charge is 2.39. The van der Waals surface area contributed by atoms with Crippen molar-refractivity contribution in [2.75, 3.05) is 4.90 Å². The Morgan fingerprint density at radius 1 is 1.29 bits per heavy atom. The molecule has 0 saturated carbocycles. The van der Waals surface area contributed by atoms with Crippen LogP contribution in [0.25, 0.3) is 0 Å². The van der Waals surface area contributed by atoms with Crippen LogP contribution in [0.2, 0.25) is 5.02 Å². The highest BCUT2D eigenvalue weighted by atomic mass is 35.5. The first kappa shape index (κ1) is 11.1. The molecule has 0 bridgehead atoms. The van der Waals surface area contributed by atoms with Crippen LogP contribution in [0.5, 0.6) is 0 Å². The number of imide groups is 2. The molecular formula is C10H4ClN3O3. The Morgan fingerprint density at radius 3 is 2.53 bits per heavy atom. The summed E-state index contributed by atoms with van der Waals surface area (Å²) in [5.41, 5.74) is 0.0703. The van der Waals surface area contributed by atoms with Gasteiger partial charge in [0.05, 0.1) is 11.3 Å². The Balaban J connectivity index is 2.58. The lowest BCUT2D eigenvalue weighted by Gasteiger charge is -2.12. The number of rotatable bonds is 1. The summed E-state index contributed by atoms with van der Waals surface area (Å²) in [6, 6.07) is 5.01. The number of carbonyl (C=O) groups is 3. The fourth-order valence-corrected chi connectivity index (χ4v) is 1.57. The maximum atomic E-state index is 11.4. The van der Waals surface area contributed by atoms with Crippen LogP contribution in [0, 0.1) is 11.3 Å². The number of nitrogens with one attached hydrogen (secondary N) is 1. The Morgan fingerprint density at radius 2 is 2.00 bits per heavy atom. The molecule has 84 valence electrons. The molecule has 0 radical (unpaired) electrons. The van der Waals surface area contributed by atoms with Gasteiger partial charge in [-0.15, -0.1) is 0 Å². The first-order valence-electron chi connectivity index (χ1n) is 4.43. The van der Waals surface area contributed by atoms with Crippen LogP contribution in [0.3, 0.4) is 0 Å². The molecule has 1 N–H and O–H groups in total. The van der Waals surface area contributed by atoms with E-state index in [4.69, 9.17) is 16.9 Å². The Labute approximate surface area is 100 Å². The molecule has 0 aliphatic carbocycles. The second kappa shape index (κ2) is 3.88. The number of carbonyl (C=O) groups excluding carboxylic acids is 3. The molecule has 7 heteroatoms. The number of anilines is 1. The molecule has 1 aromatic rings. The van der Waals surface area contributed by atoms with Crippen LogP contribution in [0.15, 0.2) is 18.2 Å². The third-order valence-electron chi connectivity index (χ3n) is 2.14. The number of hydrogen-bond donors (Lipinski definition) is 1. The van der Waals surface area contributed by atoms with E-state index >= 15 is 0 Å². The molecule has 0 atom stereocenters. The predicted octanol–water partition coefficient (Wildman–Crippen LogP) is 0.794. The maximum Gasteiger partial charge on any atom is 0.336 e. The van der Waals surface area contributed by atoms with Crippen molar-refractivity contribution in [3.8, 4) is 6.07 Å². The third kappa shape index (κ3) is 1.73. The first-order chi connectivity index (χ1) is 8.04. The Hall–Kier alpha value is -2.39. The summed E-state index contributed by atoms with van der Waals surface area (Å²) in [5, 5.41) is 10.9. The quantitative estimate of drug-likeness (QED) is 0.589. The molecule has 1 aliphatic heterocycles. The number of halogens is 1. The maximum absolute atomic E-state index is 11.4. The standard InChI is InChI=1S/C10H4ClN3O3/c11-6-2-1-5(4-12)7(3-6)14-9(16)8(15)13-10(14)17/h1-3H,(H,13,15,17). The zero-order valence-electron chi connectivity index (χ0n) is 8.23. The van der Waals surface area contributed by atoms with Gasteiger partial charge in [-0.2, -0.15) is 5.26 Å². The van der Waals surface area contributed by atoms with Crippen LogP contribution in [-0.2, 0) is 9.59 Å². The smallest absolute Gasteiger partial charge is 0.269 e. The number of benzene rings is 1. The van der Waals surface area contributed by atoms with Gasteiger partial charge in [-0.3, -0.25) is 14.9 Å². The summed E-state index contributed by atoms with van der Waals surface area (Å²) in [7, 11) is 0. The number of nitrogens with zero attached hydrogens (tertiary/aromatic N) is 2. The molecular weight excluding hydrogens is 246 g/mol. The van der Waals surface area contributed by atoms with E-state index in [-0.39, 0.29) is 16.3 Å². The molecule has 0 unspecified atom stereocenters. The molecule has 1 heterocycles. The average Bonchev–Trinajstić information content (AvgIpc) is 2.53. The van der Waals surface area contributed by atoms with Gasteiger partial charge < -0.3 is 0 Å². The van der Waals surface area contributed by atoms with Crippen molar-refractivity contribution >= 4 is 35.1 Å². The van der Waals surface area contributed by atoms with Gasteiger partial charge in [0.2, 0.25) is 0 Å². The van der Waals surface area contributed by atoms with E-state index in [0.29, 0.717) is 4.90 Å². The van der Waals surface area contributed by atoms with E-state index in [1.165, 1.54) is 18.2 Å². The number of amides is 4. The molecule has 1 saturated heterocycles. The van der Waals surface area contributed by atoms with Gasteiger partial charge in [0.25, 0.3) is 0 Å². The van der Waals surface area contributed by atoms with Crippen LogP contribution < -0.4 is 10.2 Å². The van der Waals surface area contributed by atoms with Crippen LogP contribution in [0.4, 0.5) is 10.5 Å². The van der Waals surface area contributed by atoms with Crippen molar-refractivity contribution in [3.63, 3.8) is 0 Å². The lowest BCUT2D eigenvalue weighted by Crippen LogP contribution is -2.31. The van der Waals surface area contributed by atoms with E-state index in [9.17, 15) is 14.4 Å². The zero-order valence-corrected chi connectivity index (χ0v) is 8.99. The fourth-order valence-electron chi connectivity index (χ4n) is 1.40. The minimum Gasteiger partial charge on any atom is -0.269 e.